The second kappa shape index (κ2) is 11.3. The molecular formula is C22H36N4. The van der Waals surface area contributed by atoms with Gasteiger partial charge < -0.3 is 5.32 Å². The van der Waals surface area contributed by atoms with Crippen molar-refractivity contribution in [2.45, 2.75) is 32.7 Å². The summed E-state index contributed by atoms with van der Waals surface area (Å²) in [5.41, 5.74) is 2.18. The molecule has 0 amide bonds. The van der Waals surface area contributed by atoms with Crippen LogP contribution in [0.1, 0.15) is 26.7 Å². The summed E-state index contributed by atoms with van der Waals surface area (Å²) < 4.78 is 0. The van der Waals surface area contributed by atoms with Crippen LogP contribution >= 0.6 is 0 Å². The van der Waals surface area contributed by atoms with E-state index in [4.69, 9.17) is 0 Å². The molecule has 2 heterocycles. The highest BCUT2D eigenvalue weighted by Gasteiger charge is 2.29. The highest BCUT2D eigenvalue weighted by Crippen LogP contribution is 2.21. The number of nitrogens with zero attached hydrogens (tertiary/aromatic N) is 3. The van der Waals surface area contributed by atoms with Crippen LogP contribution in [0.2, 0.25) is 0 Å². The summed E-state index contributed by atoms with van der Waals surface area (Å²) in [4.78, 5) is 9.81. The number of hydrogen-bond donors (Lipinski definition) is 1. The van der Waals surface area contributed by atoms with Gasteiger partial charge in [0.1, 0.15) is 0 Å². The predicted molar refractivity (Wildman–Crippen MR) is 114 cm³/mol. The lowest BCUT2D eigenvalue weighted by Crippen LogP contribution is -2.50. The van der Waals surface area contributed by atoms with Crippen LogP contribution in [0.15, 0.2) is 53.2 Å². The number of allylic oxidation sites excluding steroid dienone is 6. The number of rotatable bonds is 10. The van der Waals surface area contributed by atoms with Crippen LogP contribution in [0.4, 0.5) is 0 Å². The minimum absolute atomic E-state index is 0.696. The monoisotopic (exact) mass is 356 g/mol. The van der Waals surface area contributed by atoms with E-state index in [1.54, 1.807) is 6.08 Å². The maximum absolute atomic E-state index is 4.69. The molecule has 1 N–H and O–H groups in total. The van der Waals surface area contributed by atoms with Crippen LogP contribution in [0.3, 0.4) is 0 Å². The summed E-state index contributed by atoms with van der Waals surface area (Å²) in [7, 11) is 2.22. The highest BCUT2D eigenvalue weighted by atomic mass is 15.2. The SMILES string of the molecule is C=C/C=C(\C=C/C)/C=N\C(=C/C)CN(C)C[C@@H]1CCCN1CC1CNC1. The van der Waals surface area contributed by atoms with Gasteiger partial charge in [-0.05, 0) is 51.8 Å². The molecule has 2 aliphatic rings. The first kappa shape index (κ1) is 20.8. The van der Waals surface area contributed by atoms with E-state index in [9.17, 15) is 0 Å². The Morgan fingerprint density at radius 1 is 1.35 bits per heavy atom. The van der Waals surface area contributed by atoms with Crippen LogP contribution in [-0.4, -0.2) is 68.4 Å². The summed E-state index contributed by atoms with van der Waals surface area (Å²) in [6.45, 7) is 14.8. The van der Waals surface area contributed by atoms with Crippen molar-refractivity contribution in [1.29, 1.82) is 0 Å². The number of nitrogens with one attached hydrogen (secondary N) is 1. The van der Waals surface area contributed by atoms with Gasteiger partial charge in [0.05, 0.1) is 5.70 Å². The van der Waals surface area contributed by atoms with Gasteiger partial charge in [0.25, 0.3) is 0 Å². The fourth-order valence-electron chi connectivity index (χ4n) is 3.69. The van der Waals surface area contributed by atoms with Crippen LogP contribution in [0.5, 0.6) is 0 Å². The molecule has 144 valence electrons. The average molecular weight is 357 g/mol. The second-order valence-electron chi connectivity index (χ2n) is 7.45. The van der Waals surface area contributed by atoms with Gasteiger partial charge in [0.15, 0.2) is 0 Å². The van der Waals surface area contributed by atoms with E-state index in [2.05, 4.69) is 46.7 Å². The third-order valence-corrected chi connectivity index (χ3v) is 5.19. The number of likely N-dealkylation sites (N-methyl/N-ethyl adjacent to an activating group) is 1. The molecule has 4 heteroatoms. The van der Waals surface area contributed by atoms with Gasteiger partial charge in [-0.1, -0.05) is 37.0 Å². The smallest absolute Gasteiger partial charge is 0.0501 e. The molecule has 0 aromatic heterocycles. The molecule has 0 aromatic carbocycles. The summed E-state index contributed by atoms with van der Waals surface area (Å²) in [5.74, 6) is 0.860. The first-order valence-corrected chi connectivity index (χ1v) is 9.94. The van der Waals surface area contributed by atoms with Crippen LogP contribution in [0.25, 0.3) is 0 Å². The Bertz CT molecular complexity index is 554. The quantitative estimate of drug-likeness (QED) is 0.481. The lowest BCUT2D eigenvalue weighted by atomic mass is 10.0. The molecule has 0 radical (unpaired) electrons. The van der Waals surface area contributed by atoms with Gasteiger partial charge in [-0.2, -0.15) is 0 Å². The minimum atomic E-state index is 0.696. The average Bonchev–Trinajstić information content (AvgIpc) is 3.01. The molecule has 2 rings (SSSR count). The second-order valence-corrected chi connectivity index (χ2v) is 7.45. The van der Waals surface area contributed by atoms with Gasteiger partial charge in [-0.3, -0.25) is 14.8 Å². The van der Waals surface area contributed by atoms with Gasteiger partial charge in [-0.25, -0.2) is 0 Å². The zero-order valence-corrected chi connectivity index (χ0v) is 16.8. The van der Waals surface area contributed by atoms with E-state index >= 15 is 0 Å². The first-order chi connectivity index (χ1) is 12.7. The highest BCUT2D eigenvalue weighted by molar-refractivity contribution is 5.83. The molecular weight excluding hydrogens is 320 g/mol. The predicted octanol–water partition coefficient (Wildman–Crippen LogP) is 3.27. The van der Waals surface area contributed by atoms with E-state index in [1.165, 1.54) is 39.0 Å². The molecule has 0 bridgehead atoms. The molecule has 26 heavy (non-hydrogen) atoms. The Balaban J connectivity index is 1.85. The molecule has 0 saturated carbocycles. The zero-order valence-electron chi connectivity index (χ0n) is 16.8. The van der Waals surface area contributed by atoms with E-state index in [0.717, 1.165) is 30.3 Å². The maximum Gasteiger partial charge on any atom is 0.0501 e. The largest absolute Gasteiger partial charge is 0.316 e. The lowest BCUT2D eigenvalue weighted by molar-refractivity contribution is 0.153. The summed E-state index contributed by atoms with van der Waals surface area (Å²) in [6, 6.07) is 0.696. The summed E-state index contributed by atoms with van der Waals surface area (Å²) >= 11 is 0. The van der Waals surface area contributed by atoms with Crippen molar-refractivity contribution >= 4 is 6.21 Å². The lowest BCUT2D eigenvalue weighted by Gasteiger charge is -2.35. The molecule has 0 aromatic rings. The van der Waals surface area contributed by atoms with Gasteiger partial charge in [0, 0.05) is 45.0 Å². The molecule has 0 unspecified atom stereocenters. The van der Waals surface area contributed by atoms with Crippen molar-refractivity contribution in [1.82, 2.24) is 15.1 Å². The van der Waals surface area contributed by atoms with Crippen molar-refractivity contribution < 1.29 is 0 Å². The first-order valence-electron chi connectivity index (χ1n) is 9.94. The maximum atomic E-state index is 4.69. The molecule has 0 aliphatic carbocycles. The summed E-state index contributed by atoms with van der Waals surface area (Å²) in [6.07, 6.45) is 14.6. The van der Waals surface area contributed by atoms with Gasteiger partial charge in [-0.15, -0.1) is 0 Å². The molecule has 2 fully saturated rings. The molecule has 4 nitrogen and oxygen atoms in total. The van der Waals surface area contributed by atoms with Crippen molar-refractivity contribution in [3.05, 3.63) is 48.2 Å². The molecule has 2 aliphatic heterocycles. The van der Waals surface area contributed by atoms with Crippen LogP contribution < -0.4 is 5.32 Å². The van der Waals surface area contributed by atoms with Crippen LogP contribution in [0, 0.1) is 5.92 Å². The molecule has 1 atom stereocenters. The Morgan fingerprint density at radius 2 is 2.15 bits per heavy atom. The van der Waals surface area contributed by atoms with Crippen molar-refractivity contribution in [3.63, 3.8) is 0 Å². The number of hydrogen-bond acceptors (Lipinski definition) is 4. The Morgan fingerprint density at radius 3 is 2.77 bits per heavy atom. The van der Waals surface area contributed by atoms with Crippen molar-refractivity contribution in [2.75, 3.05) is 46.3 Å². The fraction of sp³-hybridized carbons (Fsp3) is 0.591. The van der Waals surface area contributed by atoms with Gasteiger partial charge in [0.2, 0.25) is 0 Å². The Kier molecular flexibility index (Phi) is 9.02. The van der Waals surface area contributed by atoms with Crippen molar-refractivity contribution in [3.8, 4) is 0 Å². The van der Waals surface area contributed by atoms with E-state index in [1.807, 2.05) is 31.4 Å². The van der Waals surface area contributed by atoms with E-state index < -0.39 is 0 Å². The summed E-state index contributed by atoms with van der Waals surface area (Å²) in [5, 5.41) is 3.39. The third kappa shape index (κ3) is 6.67. The van der Waals surface area contributed by atoms with E-state index in [0.29, 0.717) is 6.04 Å². The fourth-order valence-corrected chi connectivity index (χ4v) is 3.69. The van der Waals surface area contributed by atoms with E-state index in [-0.39, 0.29) is 0 Å². The standard InChI is InChI=1S/C22H36N4/c1-5-9-19(10-6-2)15-24-21(7-3)17-25(4)18-22-11-8-12-26(22)16-20-13-23-14-20/h5-7,9-10,15,20,22-23H,1,8,11-14,16-18H2,2-4H3/b10-6-,19-9+,21-7-,24-15-/t22-/m0/s1. The van der Waals surface area contributed by atoms with Gasteiger partial charge >= 0.3 is 0 Å². The Labute approximate surface area is 160 Å². The molecule has 0 spiro atoms. The van der Waals surface area contributed by atoms with Crippen molar-refractivity contribution in [2.24, 2.45) is 10.9 Å². The number of likely N-dealkylation sites (tertiary alicyclic amines) is 1. The third-order valence-electron chi connectivity index (χ3n) is 5.19. The topological polar surface area (TPSA) is 30.9 Å². The Hall–Kier alpha value is -1.49. The molecule has 2 saturated heterocycles. The van der Waals surface area contributed by atoms with Crippen LogP contribution in [-0.2, 0) is 0 Å². The zero-order chi connectivity index (χ0) is 18.8. The normalized spacial score (nSPS) is 23.5. The number of aliphatic imine (C=N–C) groups is 1. The minimum Gasteiger partial charge on any atom is -0.316 e.